The van der Waals surface area contributed by atoms with Crippen LogP contribution in [0, 0.1) is 18.3 Å². The molecule has 0 bridgehead atoms. The lowest BCUT2D eigenvalue weighted by Crippen LogP contribution is -1.85. The molecule has 0 N–H and O–H groups in total. The second kappa shape index (κ2) is 8.56. The van der Waals surface area contributed by atoms with Crippen molar-refractivity contribution in [3.63, 3.8) is 0 Å². The fourth-order valence-corrected chi connectivity index (χ4v) is 0.780. The van der Waals surface area contributed by atoms with Crippen molar-refractivity contribution >= 4 is 0 Å². The molecule has 0 aliphatic carbocycles. The molecule has 0 heteroatoms. The summed E-state index contributed by atoms with van der Waals surface area (Å²) in [5, 5.41) is 0. The van der Waals surface area contributed by atoms with Gasteiger partial charge in [0.05, 0.1) is 0 Å². The molecule has 0 aromatic heterocycles. The lowest BCUT2D eigenvalue weighted by Gasteiger charge is -2.00. The molecule has 0 aromatic carbocycles. The average Bonchev–Trinajstić information content (AvgIpc) is 1.80. The van der Waals surface area contributed by atoms with Gasteiger partial charge in [-0.25, -0.2) is 0 Å². The van der Waals surface area contributed by atoms with Crippen LogP contribution in [0.25, 0.3) is 0 Å². The van der Waals surface area contributed by atoms with Gasteiger partial charge in [-0.3, -0.25) is 0 Å². The topological polar surface area (TPSA) is 0 Å². The fourth-order valence-electron chi connectivity index (χ4n) is 0.780. The summed E-state index contributed by atoms with van der Waals surface area (Å²) in [6.07, 6.45) is 9.86. The molecule has 0 amide bonds. The number of terminal acetylenes is 1. The maximum Gasteiger partial charge on any atom is 0.00860 e. The zero-order chi connectivity index (χ0) is 7.11. The van der Waals surface area contributed by atoms with E-state index in [2.05, 4.69) is 19.8 Å². The molecule has 0 aliphatic rings. The van der Waals surface area contributed by atoms with Gasteiger partial charge >= 0.3 is 0 Å². The third kappa shape index (κ3) is 10.5. The van der Waals surface area contributed by atoms with Crippen molar-refractivity contribution in [3.05, 3.63) is 0 Å². The summed E-state index contributed by atoms with van der Waals surface area (Å²) in [5.74, 6) is 3.48. The molecular formula is C10H20. The van der Waals surface area contributed by atoms with E-state index in [0.717, 1.165) is 12.3 Å². The summed E-state index contributed by atoms with van der Waals surface area (Å²) in [6.45, 7) is 4.49. The molecule has 60 valence electrons. The van der Waals surface area contributed by atoms with Gasteiger partial charge in [-0.05, 0) is 12.3 Å². The molecule has 0 fully saturated rings. The summed E-state index contributed by atoms with van der Waals surface area (Å²) in [7, 11) is 0. The maximum atomic E-state index is 5.10. The standard InChI is InChI=1S/C9H16.CH4/c1-4-5-6-7-8-9(2)3;/h1,9H,5-8H2,2-3H3;1H4. The number of hydrogen-bond acceptors (Lipinski definition) is 0. The fraction of sp³-hybridized carbons (Fsp3) is 0.800. The normalized spacial score (nSPS) is 8.60. The van der Waals surface area contributed by atoms with Crippen LogP contribution in [0.3, 0.4) is 0 Å². The summed E-state index contributed by atoms with van der Waals surface area (Å²) in [5.41, 5.74) is 0. The molecule has 0 unspecified atom stereocenters. The Labute approximate surface area is 66.0 Å². The van der Waals surface area contributed by atoms with Crippen LogP contribution in [0.2, 0.25) is 0 Å². The van der Waals surface area contributed by atoms with Crippen LogP contribution in [-0.2, 0) is 0 Å². The molecular weight excluding hydrogens is 120 g/mol. The van der Waals surface area contributed by atoms with E-state index in [1.165, 1.54) is 19.3 Å². The number of rotatable bonds is 4. The van der Waals surface area contributed by atoms with Crippen LogP contribution < -0.4 is 0 Å². The molecule has 0 spiro atoms. The van der Waals surface area contributed by atoms with Gasteiger partial charge in [0.25, 0.3) is 0 Å². The van der Waals surface area contributed by atoms with Crippen molar-refractivity contribution in [3.8, 4) is 12.3 Å². The summed E-state index contributed by atoms with van der Waals surface area (Å²) < 4.78 is 0. The van der Waals surface area contributed by atoms with Gasteiger partial charge in [0.2, 0.25) is 0 Å². The zero-order valence-corrected chi connectivity index (χ0v) is 6.48. The summed E-state index contributed by atoms with van der Waals surface area (Å²) >= 11 is 0. The molecule has 0 rings (SSSR count). The molecule has 0 atom stereocenters. The third-order valence-electron chi connectivity index (χ3n) is 1.35. The number of hydrogen-bond donors (Lipinski definition) is 0. The average molecular weight is 140 g/mol. The Bertz CT molecular complexity index is 84.7. The maximum absolute atomic E-state index is 5.10. The van der Waals surface area contributed by atoms with Crippen LogP contribution in [0.1, 0.15) is 47.0 Å². The first kappa shape index (κ1) is 12.3. The molecule has 0 nitrogen and oxygen atoms in total. The Morgan fingerprint density at radius 3 is 2.30 bits per heavy atom. The first-order chi connectivity index (χ1) is 4.27. The van der Waals surface area contributed by atoms with Crippen molar-refractivity contribution in [1.29, 1.82) is 0 Å². The van der Waals surface area contributed by atoms with E-state index >= 15 is 0 Å². The lowest BCUT2D eigenvalue weighted by atomic mass is 10.1. The van der Waals surface area contributed by atoms with Gasteiger partial charge < -0.3 is 0 Å². The van der Waals surface area contributed by atoms with Gasteiger partial charge in [-0.1, -0.05) is 34.1 Å². The molecule has 0 heterocycles. The molecule has 10 heavy (non-hydrogen) atoms. The van der Waals surface area contributed by atoms with Crippen LogP contribution in [-0.4, -0.2) is 0 Å². The Balaban J connectivity index is 0. The van der Waals surface area contributed by atoms with E-state index in [-0.39, 0.29) is 7.43 Å². The lowest BCUT2D eigenvalue weighted by molar-refractivity contribution is 0.542. The van der Waals surface area contributed by atoms with Crippen molar-refractivity contribution in [2.75, 3.05) is 0 Å². The Morgan fingerprint density at radius 1 is 1.30 bits per heavy atom. The van der Waals surface area contributed by atoms with Gasteiger partial charge in [0, 0.05) is 6.42 Å². The highest BCUT2D eigenvalue weighted by Crippen LogP contribution is 2.06. The highest BCUT2D eigenvalue weighted by Gasteiger charge is 1.91. The monoisotopic (exact) mass is 140 g/mol. The molecule has 0 saturated carbocycles. The highest BCUT2D eigenvalue weighted by molar-refractivity contribution is 4.82. The second-order valence-corrected chi connectivity index (χ2v) is 2.84. The molecule has 0 radical (unpaired) electrons. The molecule has 0 saturated heterocycles. The third-order valence-corrected chi connectivity index (χ3v) is 1.35. The SMILES string of the molecule is C.C#CCCCCC(C)C. The van der Waals surface area contributed by atoms with E-state index in [1.54, 1.807) is 0 Å². The first-order valence-electron chi connectivity index (χ1n) is 3.71. The van der Waals surface area contributed by atoms with Crippen LogP contribution in [0.4, 0.5) is 0 Å². The van der Waals surface area contributed by atoms with Gasteiger partial charge in [0.1, 0.15) is 0 Å². The van der Waals surface area contributed by atoms with E-state index < -0.39 is 0 Å². The predicted octanol–water partition coefficient (Wildman–Crippen LogP) is 3.47. The van der Waals surface area contributed by atoms with Crippen LogP contribution in [0.5, 0.6) is 0 Å². The van der Waals surface area contributed by atoms with Gasteiger partial charge in [-0.2, -0.15) is 0 Å². The van der Waals surface area contributed by atoms with Crippen LogP contribution >= 0.6 is 0 Å². The minimum atomic E-state index is 0. The Morgan fingerprint density at radius 2 is 1.90 bits per heavy atom. The Hall–Kier alpha value is -0.440. The smallest absolute Gasteiger partial charge is 0.00860 e. The van der Waals surface area contributed by atoms with Crippen LogP contribution in [0.15, 0.2) is 0 Å². The Kier molecular flexibility index (Phi) is 10.5. The first-order valence-corrected chi connectivity index (χ1v) is 3.71. The van der Waals surface area contributed by atoms with E-state index in [0.29, 0.717) is 0 Å². The van der Waals surface area contributed by atoms with E-state index in [1.807, 2.05) is 0 Å². The summed E-state index contributed by atoms with van der Waals surface area (Å²) in [4.78, 5) is 0. The number of unbranched alkanes of at least 4 members (excludes halogenated alkanes) is 2. The van der Waals surface area contributed by atoms with Crippen molar-refractivity contribution in [2.24, 2.45) is 5.92 Å². The van der Waals surface area contributed by atoms with E-state index in [4.69, 9.17) is 6.42 Å². The molecule has 0 aliphatic heterocycles. The van der Waals surface area contributed by atoms with E-state index in [9.17, 15) is 0 Å². The quantitative estimate of drug-likeness (QED) is 0.414. The largest absolute Gasteiger partial charge is 0.120 e. The highest BCUT2D eigenvalue weighted by atomic mass is 14.0. The van der Waals surface area contributed by atoms with Gasteiger partial charge in [-0.15, -0.1) is 12.3 Å². The zero-order valence-electron chi connectivity index (χ0n) is 6.48. The van der Waals surface area contributed by atoms with Crippen molar-refractivity contribution in [1.82, 2.24) is 0 Å². The van der Waals surface area contributed by atoms with Crippen molar-refractivity contribution < 1.29 is 0 Å². The van der Waals surface area contributed by atoms with Crippen molar-refractivity contribution in [2.45, 2.75) is 47.0 Å². The summed E-state index contributed by atoms with van der Waals surface area (Å²) in [6, 6.07) is 0. The minimum Gasteiger partial charge on any atom is -0.120 e. The predicted molar refractivity (Wildman–Crippen MR) is 48.9 cm³/mol. The molecule has 0 aromatic rings. The van der Waals surface area contributed by atoms with Gasteiger partial charge in [0.15, 0.2) is 0 Å². The minimum absolute atomic E-state index is 0. The second-order valence-electron chi connectivity index (χ2n) is 2.84.